The van der Waals surface area contributed by atoms with Crippen molar-refractivity contribution in [3.8, 4) is 0 Å². The largest absolute Gasteiger partial charge is 0.328 e. The van der Waals surface area contributed by atoms with Crippen molar-refractivity contribution in [2.45, 2.75) is 20.0 Å². The van der Waals surface area contributed by atoms with Gasteiger partial charge in [-0.25, -0.2) is 21.2 Å². The monoisotopic (exact) mass is 436 g/mol. The molecule has 3 aromatic rings. The van der Waals surface area contributed by atoms with Crippen LogP contribution in [0.2, 0.25) is 0 Å². The number of hydrogen-bond acceptors (Lipinski definition) is 5. The molecule has 0 saturated carbocycles. The summed E-state index contributed by atoms with van der Waals surface area (Å²) >= 11 is 1.06. The third-order valence-electron chi connectivity index (χ3n) is 4.30. The number of allylic oxidation sites excluding steroid dienone is 1. The predicted molar refractivity (Wildman–Crippen MR) is 108 cm³/mol. The molecule has 1 atom stereocenters. The zero-order valence-corrected chi connectivity index (χ0v) is 17.1. The highest BCUT2D eigenvalue weighted by atomic mass is 32.3. The van der Waals surface area contributed by atoms with E-state index in [1.807, 2.05) is 0 Å². The van der Waals surface area contributed by atoms with Crippen LogP contribution in [0.1, 0.15) is 10.8 Å². The highest BCUT2D eigenvalue weighted by Crippen LogP contribution is 2.48. The first-order chi connectivity index (χ1) is 13.3. The van der Waals surface area contributed by atoms with Gasteiger partial charge in [-0.05, 0) is 35.7 Å². The second-order valence-corrected chi connectivity index (χ2v) is 11.3. The Balaban J connectivity index is 2.37. The molecule has 0 aliphatic heterocycles. The van der Waals surface area contributed by atoms with Crippen LogP contribution < -0.4 is 0 Å². The average molecular weight is 437 g/mol. The third-order valence-corrected chi connectivity index (χ3v) is 10.3. The second-order valence-electron chi connectivity index (χ2n) is 5.94. The molecule has 2 aromatic carbocycles. The summed E-state index contributed by atoms with van der Waals surface area (Å²) in [5.41, 5.74) is 0. The fourth-order valence-electron chi connectivity index (χ4n) is 2.89. The molecule has 0 aliphatic rings. The van der Waals surface area contributed by atoms with Crippen molar-refractivity contribution >= 4 is 31.0 Å². The summed E-state index contributed by atoms with van der Waals surface area (Å²) in [5.74, 6) is -1.61. The normalized spacial score (nSPS) is 13.8. The van der Waals surface area contributed by atoms with Crippen LogP contribution >= 0.6 is 11.3 Å². The standard InChI is InChI=1S/C20H17FO4S3/c1-2-18(19-14-9-15-26-19)20(21,27(22,23)16-10-5-3-6-11-16)28(24,25)17-12-7-4-8-13-17/h2-15,18H,1H2. The van der Waals surface area contributed by atoms with E-state index < -0.39 is 39.7 Å². The lowest BCUT2D eigenvalue weighted by Gasteiger charge is -2.30. The SMILES string of the molecule is C=CC(c1cccs1)C(F)(S(=O)(=O)c1ccccc1)S(=O)(=O)c1ccccc1. The van der Waals surface area contributed by atoms with Gasteiger partial charge in [-0.1, -0.05) is 48.5 Å². The van der Waals surface area contributed by atoms with E-state index in [0.717, 1.165) is 17.4 Å². The summed E-state index contributed by atoms with van der Waals surface area (Å²) in [6.45, 7) is 3.54. The van der Waals surface area contributed by atoms with E-state index in [1.54, 1.807) is 23.6 Å². The van der Waals surface area contributed by atoms with Gasteiger partial charge in [-0.15, -0.1) is 17.9 Å². The van der Waals surface area contributed by atoms with E-state index in [4.69, 9.17) is 0 Å². The van der Waals surface area contributed by atoms with Crippen molar-refractivity contribution in [1.82, 2.24) is 0 Å². The van der Waals surface area contributed by atoms with Crippen LogP contribution in [-0.4, -0.2) is 21.2 Å². The lowest BCUT2D eigenvalue weighted by atomic mass is 10.1. The molecule has 146 valence electrons. The van der Waals surface area contributed by atoms with Crippen LogP contribution in [0.3, 0.4) is 0 Å². The first-order valence-corrected chi connectivity index (χ1v) is 12.1. The zero-order chi connectivity index (χ0) is 20.4. The highest BCUT2D eigenvalue weighted by Gasteiger charge is 2.62. The third kappa shape index (κ3) is 3.11. The lowest BCUT2D eigenvalue weighted by molar-refractivity contribution is 0.333. The molecule has 3 rings (SSSR count). The molecule has 0 radical (unpaired) electrons. The van der Waals surface area contributed by atoms with Gasteiger partial charge < -0.3 is 0 Å². The summed E-state index contributed by atoms with van der Waals surface area (Å²) in [6, 6.07) is 16.6. The first-order valence-electron chi connectivity index (χ1n) is 8.21. The number of benzene rings is 2. The molecule has 8 heteroatoms. The molecule has 28 heavy (non-hydrogen) atoms. The quantitative estimate of drug-likeness (QED) is 0.508. The fraction of sp³-hybridized carbons (Fsp3) is 0.100. The maximum Gasteiger partial charge on any atom is 0.328 e. The smallest absolute Gasteiger partial charge is 0.219 e. The Hall–Kier alpha value is -2.29. The Morgan fingerprint density at radius 2 is 1.29 bits per heavy atom. The Kier molecular flexibility index (Phi) is 5.56. The Morgan fingerprint density at radius 1 is 0.821 bits per heavy atom. The number of rotatable bonds is 7. The van der Waals surface area contributed by atoms with Crippen molar-refractivity contribution in [2.75, 3.05) is 0 Å². The molecule has 4 nitrogen and oxygen atoms in total. The molecule has 0 spiro atoms. The number of sulfone groups is 2. The summed E-state index contributed by atoms with van der Waals surface area (Å²) in [7, 11) is -9.93. The molecule has 0 saturated heterocycles. The van der Waals surface area contributed by atoms with Crippen LogP contribution in [0.15, 0.2) is 101 Å². The first kappa shape index (κ1) is 20.4. The van der Waals surface area contributed by atoms with E-state index in [1.165, 1.54) is 54.6 Å². The molecule has 1 aromatic heterocycles. The Bertz CT molecular complexity index is 1090. The number of halogens is 1. The van der Waals surface area contributed by atoms with Gasteiger partial charge in [0.25, 0.3) is 0 Å². The molecule has 0 fully saturated rings. The minimum atomic E-state index is -4.96. The summed E-state index contributed by atoms with van der Waals surface area (Å²) < 4.78 is 66.5. The topological polar surface area (TPSA) is 68.3 Å². The highest BCUT2D eigenvalue weighted by molar-refractivity contribution is 8.10. The molecule has 0 N–H and O–H groups in total. The number of alkyl halides is 1. The van der Waals surface area contributed by atoms with Gasteiger partial charge in [-0.3, -0.25) is 0 Å². The van der Waals surface area contributed by atoms with Crippen molar-refractivity contribution in [3.05, 3.63) is 95.7 Å². The molecule has 1 unspecified atom stereocenters. The molecule has 1 heterocycles. The average Bonchev–Trinajstić information content (AvgIpc) is 3.24. The summed E-state index contributed by atoms with van der Waals surface area (Å²) in [5, 5.41) is 1.62. The minimum Gasteiger partial charge on any atom is -0.219 e. The van der Waals surface area contributed by atoms with Crippen LogP contribution in [0.25, 0.3) is 0 Å². The minimum absolute atomic E-state index is 0.247. The maximum atomic E-state index is 16.7. The van der Waals surface area contributed by atoms with E-state index in [2.05, 4.69) is 6.58 Å². The van der Waals surface area contributed by atoms with Gasteiger partial charge in [0, 0.05) is 4.88 Å². The van der Waals surface area contributed by atoms with Crippen LogP contribution in [-0.2, 0) is 19.7 Å². The summed E-state index contributed by atoms with van der Waals surface area (Å²) in [6.07, 6.45) is 1.03. The fourth-order valence-corrected chi connectivity index (χ4v) is 8.44. The maximum absolute atomic E-state index is 16.7. The van der Waals surface area contributed by atoms with Crippen molar-refractivity contribution in [3.63, 3.8) is 0 Å². The van der Waals surface area contributed by atoms with Crippen molar-refractivity contribution in [2.24, 2.45) is 0 Å². The van der Waals surface area contributed by atoms with E-state index in [-0.39, 0.29) is 4.88 Å². The van der Waals surface area contributed by atoms with Gasteiger partial charge in [0.1, 0.15) is 0 Å². The van der Waals surface area contributed by atoms with Crippen LogP contribution in [0, 0.1) is 0 Å². The Labute approximate surface area is 167 Å². The van der Waals surface area contributed by atoms with E-state index >= 15 is 4.39 Å². The van der Waals surface area contributed by atoms with Gasteiger partial charge in [-0.2, -0.15) is 0 Å². The van der Waals surface area contributed by atoms with Crippen molar-refractivity contribution < 1.29 is 21.2 Å². The molecular formula is C20H17FO4S3. The second kappa shape index (κ2) is 7.62. The number of hydrogen-bond donors (Lipinski definition) is 0. The van der Waals surface area contributed by atoms with Crippen molar-refractivity contribution in [1.29, 1.82) is 0 Å². The predicted octanol–water partition coefficient (Wildman–Crippen LogP) is 4.59. The molecule has 0 aliphatic carbocycles. The van der Waals surface area contributed by atoms with Gasteiger partial charge in [0.2, 0.25) is 19.7 Å². The van der Waals surface area contributed by atoms with Gasteiger partial charge >= 0.3 is 4.33 Å². The lowest BCUT2D eigenvalue weighted by Crippen LogP contribution is -2.46. The number of thiophene rings is 1. The molecule has 0 bridgehead atoms. The summed E-state index contributed by atoms with van der Waals surface area (Å²) in [4.78, 5) is -0.586. The van der Waals surface area contributed by atoms with E-state index in [0.29, 0.717) is 0 Å². The van der Waals surface area contributed by atoms with Crippen LogP contribution in [0.4, 0.5) is 4.39 Å². The zero-order valence-electron chi connectivity index (χ0n) is 14.6. The van der Waals surface area contributed by atoms with E-state index in [9.17, 15) is 16.8 Å². The van der Waals surface area contributed by atoms with Gasteiger partial charge in [0.15, 0.2) is 0 Å². The van der Waals surface area contributed by atoms with Gasteiger partial charge in [0.05, 0.1) is 15.7 Å². The molecule has 0 amide bonds. The Morgan fingerprint density at radius 3 is 1.64 bits per heavy atom. The molecular weight excluding hydrogens is 419 g/mol. The van der Waals surface area contributed by atoms with Crippen LogP contribution in [0.5, 0.6) is 0 Å².